The fourth-order valence-corrected chi connectivity index (χ4v) is 4.53. The number of nitrogens with zero attached hydrogens (tertiary/aromatic N) is 4. The van der Waals surface area contributed by atoms with Crippen LogP contribution in [0.3, 0.4) is 0 Å². The molecule has 2 aromatic heterocycles. The number of amides is 1. The summed E-state index contributed by atoms with van der Waals surface area (Å²) >= 11 is 7.00. The van der Waals surface area contributed by atoms with Gasteiger partial charge in [0, 0.05) is 50.0 Å². The second-order valence-electron chi connectivity index (χ2n) is 7.60. The van der Waals surface area contributed by atoms with E-state index in [0.29, 0.717) is 16.1 Å². The van der Waals surface area contributed by atoms with E-state index >= 15 is 0 Å². The summed E-state index contributed by atoms with van der Waals surface area (Å²) < 4.78 is 0. The Morgan fingerprint density at radius 3 is 2.53 bits per heavy atom. The van der Waals surface area contributed by atoms with Gasteiger partial charge >= 0.3 is 5.97 Å². The highest BCUT2D eigenvalue weighted by atomic mass is 35.5. The Balaban J connectivity index is 1.47. The molecule has 166 valence electrons. The van der Waals surface area contributed by atoms with E-state index in [2.05, 4.69) is 32.1 Å². The first-order chi connectivity index (χ1) is 15.4. The number of likely N-dealkylation sites (N-methyl/N-ethyl adjacent to an activating group) is 1. The molecule has 1 fully saturated rings. The molecule has 0 bridgehead atoms. The number of thiazole rings is 1. The first kappa shape index (κ1) is 22.3. The van der Waals surface area contributed by atoms with Gasteiger partial charge < -0.3 is 15.3 Å². The number of rotatable bonds is 6. The molecule has 8 nitrogen and oxygen atoms in total. The van der Waals surface area contributed by atoms with Gasteiger partial charge in [-0.15, -0.1) is 0 Å². The Morgan fingerprint density at radius 1 is 1.16 bits per heavy atom. The number of carbonyl (C=O) groups excluding carboxylic acids is 1. The molecule has 1 aliphatic heterocycles. The standard InChI is InChI=1S/C22H22ClN5O3S/c1-27-8-10-28(11-9-27)13-14-2-4-15(5-3-14)19(29)26-21-18(22(30)31)25-20(32-21)16-6-7-24-17(23)12-16/h2-7,12H,8-11,13H2,1H3,(H,26,29)(H,30,31). The molecular weight excluding hydrogens is 450 g/mol. The molecule has 0 aliphatic carbocycles. The molecule has 10 heteroatoms. The average Bonchev–Trinajstić information content (AvgIpc) is 3.20. The number of carboxylic acids is 1. The average molecular weight is 472 g/mol. The number of hydrogen-bond acceptors (Lipinski definition) is 7. The Labute approximate surface area is 194 Å². The van der Waals surface area contributed by atoms with E-state index in [4.69, 9.17) is 11.6 Å². The lowest BCUT2D eigenvalue weighted by Gasteiger charge is -2.32. The third-order valence-electron chi connectivity index (χ3n) is 5.25. The van der Waals surface area contributed by atoms with Gasteiger partial charge in [0.05, 0.1) is 0 Å². The predicted octanol–water partition coefficient (Wildman–Crippen LogP) is 3.56. The first-order valence-electron chi connectivity index (χ1n) is 10.1. The zero-order chi connectivity index (χ0) is 22.7. The van der Waals surface area contributed by atoms with Crippen LogP contribution in [0.1, 0.15) is 26.4 Å². The van der Waals surface area contributed by atoms with Crippen LogP contribution in [0.4, 0.5) is 5.00 Å². The van der Waals surface area contributed by atoms with Crippen molar-refractivity contribution in [2.75, 3.05) is 38.5 Å². The van der Waals surface area contributed by atoms with Gasteiger partial charge in [0.1, 0.15) is 15.2 Å². The molecule has 3 heterocycles. The van der Waals surface area contributed by atoms with Crippen molar-refractivity contribution >= 4 is 39.8 Å². The number of carbonyl (C=O) groups is 2. The van der Waals surface area contributed by atoms with Crippen LogP contribution in [-0.4, -0.2) is 70.0 Å². The van der Waals surface area contributed by atoms with Crippen LogP contribution >= 0.6 is 22.9 Å². The summed E-state index contributed by atoms with van der Waals surface area (Å²) in [5.74, 6) is -1.60. The van der Waals surface area contributed by atoms with Gasteiger partial charge in [-0.1, -0.05) is 35.1 Å². The number of halogens is 1. The maximum Gasteiger partial charge on any atom is 0.357 e. The van der Waals surface area contributed by atoms with E-state index in [1.54, 1.807) is 24.3 Å². The van der Waals surface area contributed by atoms with Gasteiger partial charge in [-0.3, -0.25) is 9.69 Å². The van der Waals surface area contributed by atoms with Crippen LogP contribution in [0, 0.1) is 0 Å². The summed E-state index contributed by atoms with van der Waals surface area (Å²) in [6.45, 7) is 4.98. The number of pyridine rings is 1. The zero-order valence-electron chi connectivity index (χ0n) is 17.4. The van der Waals surface area contributed by atoms with Crippen LogP contribution in [0.5, 0.6) is 0 Å². The third kappa shape index (κ3) is 5.31. The normalized spacial score (nSPS) is 14.9. The minimum absolute atomic E-state index is 0.173. The largest absolute Gasteiger partial charge is 0.476 e. The predicted molar refractivity (Wildman–Crippen MR) is 124 cm³/mol. The van der Waals surface area contributed by atoms with Crippen molar-refractivity contribution in [2.45, 2.75) is 6.54 Å². The highest BCUT2D eigenvalue weighted by Crippen LogP contribution is 2.33. The lowest BCUT2D eigenvalue weighted by molar-refractivity contribution is 0.0692. The lowest BCUT2D eigenvalue weighted by Crippen LogP contribution is -2.43. The molecule has 4 rings (SSSR count). The third-order valence-corrected chi connectivity index (χ3v) is 6.48. The van der Waals surface area contributed by atoms with E-state index in [1.165, 1.54) is 6.20 Å². The molecule has 2 N–H and O–H groups in total. The SMILES string of the molecule is CN1CCN(Cc2ccc(C(=O)Nc3sc(-c4ccnc(Cl)c4)nc3C(=O)O)cc2)CC1. The number of piperazine rings is 1. The van der Waals surface area contributed by atoms with Gasteiger partial charge in [-0.2, -0.15) is 0 Å². The Bertz CT molecular complexity index is 1130. The van der Waals surface area contributed by atoms with Crippen molar-refractivity contribution in [1.29, 1.82) is 0 Å². The molecule has 1 aliphatic rings. The van der Waals surface area contributed by atoms with Crippen molar-refractivity contribution < 1.29 is 14.7 Å². The van der Waals surface area contributed by atoms with Crippen LogP contribution in [0.2, 0.25) is 5.15 Å². The number of aromatic carboxylic acids is 1. The number of anilines is 1. The van der Waals surface area contributed by atoms with Gasteiger partial charge in [-0.25, -0.2) is 14.8 Å². The van der Waals surface area contributed by atoms with Gasteiger partial charge in [0.15, 0.2) is 5.69 Å². The Kier molecular flexibility index (Phi) is 6.80. The Morgan fingerprint density at radius 2 is 1.88 bits per heavy atom. The van der Waals surface area contributed by atoms with E-state index in [0.717, 1.165) is 49.6 Å². The van der Waals surface area contributed by atoms with Gasteiger partial charge in [0.2, 0.25) is 0 Å². The maximum absolute atomic E-state index is 12.8. The molecule has 3 aromatic rings. The van der Waals surface area contributed by atoms with Crippen molar-refractivity contribution in [2.24, 2.45) is 0 Å². The zero-order valence-corrected chi connectivity index (χ0v) is 19.0. The smallest absolute Gasteiger partial charge is 0.357 e. The second kappa shape index (κ2) is 9.74. The minimum atomic E-state index is -1.22. The van der Waals surface area contributed by atoms with Crippen molar-refractivity contribution in [3.63, 3.8) is 0 Å². The molecule has 0 saturated carbocycles. The summed E-state index contributed by atoms with van der Waals surface area (Å²) in [5.41, 5.74) is 2.00. The summed E-state index contributed by atoms with van der Waals surface area (Å²) in [4.78, 5) is 37.2. The van der Waals surface area contributed by atoms with Gasteiger partial charge in [-0.05, 0) is 36.9 Å². The fraction of sp³-hybridized carbons (Fsp3) is 0.273. The lowest BCUT2D eigenvalue weighted by atomic mass is 10.1. The van der Waals surface area contributed by atoms with Crippen molar-refractivity contribution in [3.05, 3.63) is 64.6 Å². The number of nitrogens with one attached hydrogen (secondary N) is 1. The highest BCUT2D eigenvalue weighted by Gasteiger charge is 2.21. The topological polar surface area (TPSA) is 98.7 Å². The number of benzene rings is 1. The quantitative estimate of drug-likeness (QED) is 0.530. The van der Waals surface area contributed by atoms with E-state index < -0.39 is 5.97 Å². The van der Waals surface area contributed by atoms with Crippen molar-refractivity contribution in [3.8, 4) is 10.6 Å². The van der Waals surface area contributed by atoms with Crippen LogP contribution < -0.4 is 5.32 Å². The Hall–Kier alpha value is -2.85. The van der Waals surface area contributed by atoms with E-state index in [1.807, 2.05) is 12.1 Å². The number of aromatic nitrogens is 2. The van der Waals surface area contributed by atoms with Crippen LogP contribution in [-0.2, 0) is 6.54 Å². The molecule has 1 saturated heterocycles. The van der Waals surface area contributed by atoms with Gasteiger partial charge in [0.25, 0.3) is 5.91 Å². The summed E-state index contributed by atoms with van der Waals surface area (Å²) in [6, 6.07) is 10.7. The number of hydrogen-bond donors (Lipinski definition) is 2. The summed E-state index contributed by atoms with van der Waals surface area (Å²) in [6.07, 6.45) is 1.52. The minimum Gasteiger partial charge on any atom is -0.476 e. The number of carboxylic acid groups (broad SMARTS) is 1. The van der Waals surface area contributed by atoms with Crippen LogP contribution in [0.25, 0.3) is 10.6 Å². The van der Waals surface area contributed by atoms with E-state index in [9.17, 15) is 14.7 Å². The molecule has 0 spiro atoms. The molecular formula is C22H22ClN5O3S. The molecule has 0 atom stereocenters. The first-order valence-corrected chi connectivity index (χ1v) is 11.3. The summed E-state index contributed by atoms with van der Waals surface area (Å²) in [7, 11) is 2.12. The highest BCUT2D eigenvalue weighted by molar-refractivity contribution is 7.19. The molecule has 32 heavy (non-hydrogen) atoms. The molecule has 1 aromatic carbocycles. The fourth-order valence-electron chi connectivity index (χ4n) is 3.41. The van der Waals surface area contributed by atoms with Crippen molar-refractivity contribution in [1.82, 2.24) is 19.8 Å². The molecule has 0 radical (unpaired) electrons. The maximum atomic E-state index is 12.8. The summed E-state index contributed by atoms with van der Waals surface area (Å²) in [5, 5.41) is 13.1. The monoisotopic (exact) mass is 471 g/mol. The second-order valence-corrected chi connectivity index (χ2v) is 8.99. The van der Waals surface area contributed by atoms with Crippen LogP contribution in [0.15, 0.2) is 42.6 Å². The molecule has 1 amide bonds. The van der Waals surface area contributed by atoms with E-state index in [-0.39, 0.29) is 21.8 Å². The molecule has 0 unspecified atom stereocenters.